The third-order valence-electron chi connectivity index (χ3n) is 3.77. The van der Waals surface area contributed by atoms with Gasteiger partial charge in [0.05, 0.1) is 24.0 Å². The van der Waals surface area contributed by atoms with Crippen LogP contribution in [-0.2, 0) is 4.74 Å². The summed E-state index contributed by atoms with van der Waals surface area (Å²) in [6, 6.07) is 7.39. The second kappa shape index (κ2) is 4.68. The number of ether oxygens (including phenoxy) is 1. The fourth-order valence-electron chi connectivity index (χ4n) is 2.61. The molecule has 1 unspecified atom stereocenters. The van der Waals surface area contributed by atoms with Crippen LogP contribution >= 0.6 is 0 Å². The summed E-state index contributed by atoms with van der Waals surface area (Å²) in [6.45, 7) is 3.18. The van der Waals surface area contributed by atoms with Gasteiger partial charge in [-0.05, 0) is 12.1 Å². The van der Waals surface area contributed by atoms with Gasteiger partial charge in [-0.15, -0.1) is 0 Å². The quantitative estimate of drug-likeness (QED) is 0.697. The number of hydrogen-bond acceptors (Lipinski definition) is 5. The van der Waals surface area contributed by atoms with Gasteiger partial charge >= 0.3 is 0 Å². The first-order chi connectivity index (χ1) is 9.61. The topological polar surface area (TPSA) is 87.7 Å². The number of para-hydroxylation sites is 2. The van der Waals surface area contributed by atoms with Crippen LogP contribution in [0.4, 0.5) is 0 Å². The number of aliphatic hydroxyl groups is 3. The Morgan fingerprint density at radius 2 is 2.20 bits per heavy atom. The standard InChI is InChI=1S/C14H16N2O4/c1-2-14(19)12(18)11(7-17)20-13(14)16-8-15-9-5-3-4-6-10(9)16/h2-6,8,11-13,17-19H,1,7H2/t11-,12-,13?,14-/m1/s1. The number of benzene rings is 1. The number of rotatable bonds is 3. The molecule has 0 radical (unpaired) electrons. The number of aromatic nitrogens is 2. The van der Waals surface area contributed by atoms with Crippen LogP contribution in [-0.4, -0.2) is 49.3 Å². The highest BCUT2D eigenvalue weighted by molar-refractivity contribution is 5.75. The summed E-state index contributed by atoms with van der Waals surface area (Å²) in [4.78, 5) is 4.23. The predicted octanol–water partition coefficient (Wildman–Crippen LogP) is 0.204. The Morgan fingerprint density at radius 3 is 2.90 bits per heavy atom. The van der Waals surface area contributed by atoms with Crippen molar-refractivity contribution in [2.24, 2.45) is 0 Å². The first kappa shape index (κ1) is 13.3. The van der Waals surface area contributed by atoms with Crippen LogP contribution in [0.25, 0.3) is 11.0 Å². The lowest BCUT2D eigenvalue weighted by atomic mass is 9.94. The Balaban J connectivity index is 2.11. The van der Waals surface area contributed by atoms with E-state index in [1.165, 1.54) is 12.4 Å². The minimum absolute atomic E-state index is 0.388. The summed E-state index contributed by atoms with van der Waals surface area (Å²) in [5, 5.41) is 30.0. The molecule has 1 fully saturated rings. The fourth-order valence-corrected chi connectivity index (χ4v) is 2.61. The molecular formula is C14H16N2O4. The predicted molar refractivity (Wildman–Crippen MR) is 71.9 cm³/mol. The molecular weight excluding hydrogens is 260 g/mol. The van der Waals surface area contributed by atoms with Crippen molar-refractivity contribution in [1.29, 1.82) is 0 Å². The number of hydrogen-bond donors (Lipinski definition) is 3. The summed E-state index contributed by atoms with van der Waals surface area (Å²) in [5.74, 6) is 0. The number of nitrogens with zero attached hydrogens (tertiary/aromatic N) is 2. The average molecular weight is 276 g/mol. The lowest BCUT2D eigenvalue weighted by Gasteiger charge is -2.28. The van der Waals surface area contributed by atoms with Crippen molar-refractivity contribution in [3.8, 4) is 0 Å². The Bertz CT molecular complexity index is 641. The number of fused-ring (bicyclic) bond motifs is 1. The maximum absolute atomic E-state index is 10.6. The van der Waals surface area contributed by atoms with E-state index in [2.05, 4.69) is 11.6 Å². The molecule has 2 heterocycles. The summed E-state index contributed by atoms with van der Waals surface area (Å²) in [7, 11) is 0. The van der Waals surface area contributed by atoms with Gasteiger partial charge in [-0.1, -0.05) is 24.8 Å². The van der Waals surface area contributed by atoms with Gasteiger partial charge in [-0.25, -0.2) is 4.98 Å². The molecule has 1 aromatic heterocycles. The van der Waals surface area contributed by atoms with Crippen molar-refractivity contribution in [3.05, 3.63) is 43.2 Å². The van der Waals surface area contributed by atoms with Gasteiger partial charge in [0.1, 0.15) is 12.2 Å². The van der Waals surface area contributed by atoms with Crippen molar-refractivity contribution in [1.82, 2.24) is 9.55 Å². The highest BCUT2D eigenvalue weighted by atomic mass is 16.6. The largest absolute Gasteiger partial charge is 0.394 e. The van der Waals surface area contributed by atoms with Crippen LogP contribution in [0.15, 0.2) is 43.2 Å². The maximum atomic E-state index is 10.6. The molecule has 1 aliphatic heterocycles. The molecule has 4 atom stereocenters. The highest BCUT2D eigenvalue weighted by Gasteiger charge is 2.54. The number of imidazole rings is 1. The Kier molecular flexibility index (Phi) is 3.10. The van der Waals surface area contributed by atoms with Gasteiger partial charge in [0.15, 0.2) is 11.8 Å². The van der Waals surface area contributed by atoms with Crippen LogP contribution in [0.1, 0.15) is 6.23 Å². The first-order valence-corrected chi connectivity index (χ1v) is 6.33. The Morgan fingerprint density at radius 1 is 1.45 bits per heavy atom. The molecule has 0 bridgehead atoms. The van der Waals surface area contributed by atoms with E-state index in [9.17, 15) is 15.3 Å². The molecule has 3 rings (SSSR count). The molecule has 1 saturated heterocycles. The summed E-state index contributed by atoms with van der Waals surface area (Å²) in [6.07, 6.45) is -0.233. The smallest absolute Gasteiger partial charge is 0.171 e. The van der Waals surface area contributed by atoms with E-state index in [0.717, 1.165) is 11.0 Å². The Labute approximate surface area is 115 Å². The lowest BCUT2D eigenvalue weighted by molar-refractivity contribution is -0.0768. The van der Waals surface area contributed by atoms with E-state index in [4.69, 9.17) is 4.74 Å². The second-order valence-corrected chi connectivity index (χ2v) is 4.89. The van der Waals surface area contributed by atoms with Crippen LogP contribution < -0.4 is 0 Å². The Hall–Kier alpha value is -1.73. The highest BCUT2D eigenvalue weighted by Crippen LogP contribution is 2.40. The molecule has 0 aliphatic carbocycles. The minimum Gasteiger partial charge on any atom is -0.394 e. The zero-order chi connectivity index (χ0) is 14.3. The second-order valence-electron chi connectivity index (χ2n) is 4.89. The van der Waals surface area contributed by atoms with Gasteiger partial charge in [-0.3, -0.25) is 0 Å². The van der Waals surface area contributed by atoms with Crippen molar-refractivity contribution in [2.45, 2.75) is 24.0 Å². The van der Waals surface area contributed by atoms with E-state index in [1.807, 2.05) is 24.3 Å². The molecule has 0 saturated carbocycles. The van der Waals surface area contributed by atoms with Crippen LogP contribution in [0.2, 0.25) is 0 Å². The molecule has 6 nitrogen and oxygen atoms in total. The SMILES string of the molecule is C=C[C@]1(O)C(n2cnc3ccccc32)O[C@H](CO)[C@H]1O. The van der Waals surface area contributed by atoms with Crippen molar-refractivity contribution < 1.29 is 20.1 Å². The van der Waals surface area contributed by atoms with Gasteiger partial charge in [0, 0.05) is 0 Å². The van der Waals surface area contributed by atoms with Crippen molar-refractivity contribution in [2.75, 3.05) is 6.61 Å². The third-order valence-corrected chi connectivity index (χ3v) is 3.77. The monoisotopic (exact) mass is 276 g/mol. The summed E-state index contributed by atoms with van der Waals surface area (Å²) < 4.78 is 7.22. The molecule has 0 spiro atoms. The molecule has 106 valence electrons. The zero-order valence-electron chi connectivity index (χ0n) is 10.8. The third kappa shape index (κ3) is 1.70. The average Bonchev–Trinajstić information content (AvgIpc) is 3.00. The van der Waals surface area contributed by atoms with E-state index in [0.29, 0.717) is 0 Å². The van der Waals surface area contributed by atoms with Crippen molar-refractivity contribution in [3.63, 3.8) is 0 Å². The van der Waals surface area contributed by atoms with Gasteiger partial charge in [-0.2, -0.15) is 0 Å². The molecule has 3 N–H and O–H groups in total. The molecule has 2 aromatic rings. The summed E-state index contributed by atoms with van der Waals surface area (Å²) in [5.41, 5.74) is -0.162. The van der Waals surface area contributed by atoms with Crippen LogP contribution in [0.5, 0.6) is 0 Å². The summed E-state index contributed by atoms with van der Waals surface area (Å²) >= 11 is 0. The maximum Gasteiger partial charge on any atom is 0.171 e. The minimum atomic E-state index is -1.68. The van der Waals surface area contributed by atoms with Crippen LogP contribution in [0, 0.1) is 0 Å². The van der Waals surface area contributed by atoms with E-state index in [1.54, 1.807) is 4.57 Å². The van der Waals surface area contributed by atoms with Crippen molar-refractivity contribution >= 4 is 11.0 Å². The van der Waals surface area contributed by atoms with E-state index >= 15 is 0 Å². The molecule has 0 amide bonds. The lowest BCUT2D eigenvalue weighted by Crippen LogP contribution is -2.45. The molecule has 20 heavy (non-hydrogen) atoms. The molecule has 1 aromatic carbocycles. The molecule has 1 aliphatic rings. The zero-order valence-corrected chi connectivity index (χ0v) is 10.8. The van der Waals surface area contributed by atoms with Gasteiger partial charge in [0.25, 0.3) is 0 Å². The number of aliphatic hydroxyl groups excluding tert-OH is 2. The fraction of sp³-hybridized carbons (Fsp3) is 0.357. The van der Waals surface area contributed by atoms with Gasteiger partial charge < -0.3 is 24.6 Å². The van der Waals surface area contributed by atoms with E-state index in [-0.39, 0.29) is 6.61 Å². The van der Waals surface area contributed by atoms with E-state index < -0.39 is 24.0 Å². The van der Waals surface area contributed by atoms with Crippen LogP contribution in [0.3, 0.4) is 0 Å². The molecule has 6 heteroatoms. The normalized spacial score (nSPS) is 33.6. The van der Waals surface area contributed by atoms with Gasteiger partial charge in [0.2, 0.25) is 0 Å². The first-order valence-electron chi connectivity index (χ1n) is 6.33.